The molecule has 0 bridgehead atoms. The summed E-state index contributed by atoms with van der Waals surface area (Å²) in [5.41, 5.74) is 1.48. The number of rotatable bonds is 4. The Hall–Kier alpha value is -2.65. The fourth-order valence-electron chi connectivity index (χ4n) is 1.90. The molecule has 0 fully saturated rings. The number of aromatic hydroxyl groups is 1. The van der Waals surface area contributed by atoms with Crippen molar-refractivity contribution in [1.29, 1.82) is 5.26 Å². The van der Waals surface area contributed by atoms with Gasteiger partial charge in [-0.15, -0.1) is 11.3 Å². The molecule has 2 rings (SSSR count). The summed E-state index contributed by atoms with van der Waals surface area (Å²) < 4.78 is 0. The van der Waals surface area contributed by atoms with E-state index in [0.717, 1.165) is 17.0 Å². The van der Waals surface area contributed by atoms with Gasteiger partial charge in [0, 0.05) is 4.88 Å². The van der Waals surface area contributed by atoms with Gasteiger partial charge in [-0.3, -0.25) is 10.1 Å². The lowest BCUT2D eigenvalue weighted by Gasteiger charge is -2.00. The molecule has 1 amide bonds. The zero-order valence-corrected chi connectivity index (χ0v) is 13.1. The van der Waals surface area contributed by atoms with Crippen LogP contribution in [-0.2, 0) is 11.2 Å². The molecule has 0 aliphatic rings. The summed E-state index contributed by atoms with van der Waals surface area (Å²) in [6.07, 6.45) is 2.22. The van der Waals surface area contributed by atoms with Crippen LogP contribution in [0.4, 0.5) is 5.13 Å². The highest BCUT2D eigenvalue weighted by atomic mass is 32.1. The maximum Gasteiger partial charge on any atom is 0.268 e. The largest absolute Gasteiger partial charge is 0.508 e. The van der Waals surface area contributed by atoms with Gasteiger partial charge in [0.05, 0.1) is 5.69 Å². The van der Waals surface area contributed by atoms with E-state index in [4.69, 9.17) is 5.26 Å². The Balaban J connectivity index is 2.20. The number of benzene rings is 1. The maximum atomic E-state index is 12.1. The second kappa shape index (κ2) is 6.87. The highest BCUT2D eigenvalue weighted by molar-refractivity contribution is 7.15. The van der Waals surface area contributed by atoms with Crippen LogP contribution >= 0.6 is 11.3 Å². The van der Waals surface area contributed by atoms with Crippen molar-refractivity contribution < 1.29 is 9.90 Å². The quantitative estimate of drug-likeness (QED) is 0.670. The van der Waals surface area contributed by atoms with Crippen molar-refractivity contribution in [2.75, 3.05) is 5.32 Å². The average molecular weight is 313 g/mol. The Labute approximate surface area is 132 Å². The zero-order chi connectivity index (χ0) is 16.1. The molecule has 2 aromatic rings. The minimum absolute atomic E-state index is 0.0449. The highest BCUT2D eigenvalue weighted by Gasteiger charge is 2.13. The summed E-state index contributed by atoms with van der Waals surface area (Å²) in [6, 6.07) is 8.22. The molecule has 0 saturated heterocycles. The van der Waals surface area contributed by atoms with Gasteiger partial charge in [-0.2, -0.15) is 5.26 Å². The monoisotopic (exact) mass is 313 g/mol. The minimum Gasteiger partial charge on any atom is -0.508 e. The Bertz CT molecular complexity index is 772. The minimum atomic E-state index is -0.512. The van der Waals surface area contributed by atoms with Crippen molar-refractivity contribution in [2.24, 2.45) is 0 Å². The number of nitrogens with zero attached hydrogens (tertiary/aromatic N) is 2. The number of phenols is 1. The summed E-state index contributed by atoms with van der Waals surface area (Å²) in [4.78, 5) is 17.5. The molecule has 5 nitrogen and oxygen atoms in total. The number of carbonyl (C=O) groups is 1. The van der Waals surface area contributed by atoms with Crippen molar-refractivity contribution in [3.05, 3.63) is 46.0 Å². The number of carbonyl (C=O) groups excluding carboxylic acids is 1. The summed E-state index contributed by atoms with van der Waals surface area (Å²) >= 11 is 1.38. The van der Waals surface area contributed by atoms with Crippen LogP contribution < -0.4 is 5.32 Å². The van der Waals surface area contributed by atoms with Gasteiger partial charge < -0.3 is 5.11 Å². The van der Waals surface area contributed by atoms with E-state index < -0.39 is 5.91 Å². The highest BCUT2D eigenvalue weighted by Crippen LogP contribution is 2.23. The molecule has 0 aliphatic carbocycles. The predicted octanol–water partition coefficient (Wildman–Crippen LogP) is 3.27. The van der Waals surface area contributed by atoms with Crippen molar-refractivity contribution in [3.63, 3.8) is 0 Å². The Morgan fingerprint density at radius 3 is 2.91 bits per heavy atom. The topological polar surface area (TPSA) is 86.0 Å². The van der Waals surface area contributed by atoms with Crippen LogP contribution in [-0.4, -0.2) is 16.0 Å². The fourth-order valence-corrected chi connectivity index (χ4v) is 2.80. The number of nitrogens with one attached hydrogen (secondary N) is 1. The van der Waals surface area contributed by atoms with Gasteiger partial charge in [0.25, 0.3) is 5.91 Å². The molecule has 6 heteroatoms. The van der Waals surface area contributed by atoms with E-state index in [1.807, 2.05) is 19.9 Å². The summed E-state index contributed by atoms with van der Waals surface area (Å²) in [5, 5.41) is 21.7. The fraction of sp³-hybridized carbons (Fsp3) is 0.188. The number of thiazole rings is 1. The van der Waals surface area contributed by atoms with E-state index in [1.54, 1.807) is 12.1 Å². The molecule has 112 valence electrons. The molecular formula is C16H15N3O2S. The molecule has 0 radical (unpaired) electrons. The Morgan fingerprint density at radius 1 is 1.55 bits per heavy atom. The third-order valence-electron chi connectivity index (χ3n) is 2.99. The van der Waals surface area contributed by atoms with Gasteiger partial charge in [-0.25, -0.2) is 4.98 Å². The van der Waals surface area contributed by atoms with Crippen LogP contribution in [0.2, 0.25) is 0 Å². The van der Waals surface area contributed by atoms with Gasteiger partial charge in [-0.05, 0) is 37.1 Å². The number of hydrogen-bond donors (Lipinski definition) is 2. The molecular weight excluding hydrogens is 298 g/mol. The molecule has 0 unspecified atom stereocenters. The SMILES string of the molecule is CCc1nc(NC(=O)/C(C#N)=C/c2cccc(O)c2)sc1C. The van der Waals surface area contributed by atoms with Crippen LogP contribution in [0.5, 0.6) is 5.75 Å². The van der Waals surface area contributed by atoms with Gasteiger partial charge in [0.1, 0.15) is 17.4 Å². The Morgan fingerprint density at radius 2 is 2.32 bits per heavy atom. The lowest BCUT2D eigenvalue weighted by Crippen LogP contribution is -2.13. The Kier molecular flexibility index (Phi) is 4.92. The predicted molar refractivity (Wildman–Crippen MR) is 86.6 cm³/mol. The van der Waals surface area contributed by atoms with Crippen LogP contribution in [0, 0.1) is 18.3 Å². The molecule has 0 atom stereocenters. The second-order valence-electron chi connectivity index (χ2n) is 4.59. The number of aromatic nitrogens is 1. The number of anilines is 1. The van der Waals surface area contributed by atoms with E-state index in [-0.39, 0.29) is 11.3 Å². The average Bonchev–Trinajstić information content (AvgIpc) is 2.84. The standard InChI is InChI=1S/C16H15N3O2S/c1-3-14-10(2)22-16(18-14)19-15(21)12(9-17)7-11-5-4-6-13(20)8-11/h4-8,20H,3H2,1-2H3,(H,18,19,21)/b12-7+. The van der Waals surface area contributed by atoms with Crippen molar-refractivity contribution in [1.82, 2.24) is 4.98 Å². The third-order valence-corrected chi connectivity index (χ3v) is 3.92. The van der Waals surface area contributed by atoms with Crippen LogP contribution in [0.1, 0.15) is 23.1 Å². The van der Waals surface area contributed by atoms with E-state index in [2.05, 4.69) is 10.3 Å². The van der Waals surface area contributed by atoms with Crippen LogP contribution in [0.25, 0.3) is 6.08 Å². The lowest BCUT2D eigenvalue weighted by molar-refractivity contribution is -0.112. The number of nitriles is 1. The molecule has 22 heavy (non-hydrogen) atoms. The summed E-state index contributed by atoms with van der Waals surface area (Å²) in [5.74, 6) is -0.433. The van der Waals surface area contributed by atoms with Gasteiger partial charge in [0.15, 0.2) is 5.13 Å². The maximum absolute atomic E-state index is 12.1. The first kappa shape index (κ1) is 15.7. The van der Waals surface area contributed by atoms with Crippen LogP contribution in [0.15, 0.2) is 29.8 Å². The molecule has 0 spiro atoms. The molecule has 0 aliphatic heterocycles. The van der Waals surface area contributed by atoms with Crippen molar-refractivity contribution >= 4 is 28.5 Å². The number of phenolic OH excluding ortho intramolecular Hbond substituents is 1. The molecule has 1 heterocycles. The van der Waals surface area contributed by atoms with Crippen LogP contribution in [0.3, 0.4) is 0 Å². The molecule has 1 aromatic heterocycles. The number of aryl methyl sites for hydroxylation is 2. The summed E-state index contributed by atoms with van der Waals surface area (Å²) in [7, 11) is 0. The van der Waals surface area contributed by atoms with E-state index in [1.165, 1.54) is 29.5 Å². The first-order valence-corrected chi connectivity index (χ1v) is 7.53. The first-order chi connectivity index (χ1) is 10.5. The van der Waals surface area contributed by atoms with Gasteiger partial charge in [0.2, 0.25) is 0 Å². The van der Waals surface area contributed by atoms with Crippen molar-refractivity contribution in [2.45, 2.75) is 20.3 Å². The normalized spacial score (nSPS) is 11.0. The van der Waals surface area contributed by atoms with E-state index >= 15 is 0 Å². The lowest BCUT2D eigenvalue weighted by atomic mass is 10.1. The van der Waals surface area contributed by atoms with Gasteiger partial charge in [-0.1, -0.05) is 19.1 Å². The molecule has 2 N–H and O–H groups in total. The summed E-state index contributed by atoms with van der Waals surface area (Å²) in [6.45, 7) is 3.94. The molecule has 0 saturated carbocycles. The zero-order valence-electron chi connectivity index (χ0n) is 12.3. The number of amides is 1. The van der Waals surface area contributed by atoms with Crippen molar-refractivity contribution in [3.8, 4) is 11.8 Å². The first-order valence-electron chi connectivity index (χ1n) is 6.72. The second-order valence-corrected chi connectivity index (χ2v) is 5.80. The molecule has 1 aromatic carbocycles. The smallest absolute Gasteiger partial charge is 0.268 e. The van der Waals surface area contributed by atoms with E-state index in [9.17, 15) is 9.90 Å². The number of hydrogen-bond acceptors (Lipinski definition) is 5. The van der Waals surface area contributed by atoms with E-state index in [0.29, 0.717) is 10.7 Å². The third kappa shape index (κ3) is 3.71. The van der Waals surface area contributed by atoms with Gasteiger partial charge >= 0.3 is 0 Å².